The van der Waals surface area contributed by atoms with E-state index in [1.165, 1.54) is 24.6 Å². The van der Waals surface area contributed by atoms with Crippen LogP contribution >= 0.6 is 0 Å². The molecular weight excluding hydrogens is 440 g/mol. The minimum Gasteiger partial charge on any atom is -0.441 e. The third-order valence-corrected chi connectivity index (χ3v) is 7.70. The first-order valence-electron chi connectivity index (χ1n) is 11.1. The summed E-state index contributed by atoms with van der Waals surface area (Å²) in [6, 6.07) is 5.54. The zero-order chi connectivity index (χ0) is 23.7. The van der Waals surface area contributed by atoms with Gasteiger partial charge in [0, 0.05) is 6.20 Å². The second-order valence-electron chi connectivity index (χ2n) is 9.42. The van der Waals surface area contributed by atoms with Crippen LogP contribution in [-0.2, 0) is 12.0 Å². The van der Waals surface area contributed by atoms with Gasteiger partial charge in [-0.05, 0) is 47.9 Å². The molecule has 0 saturated heterocycles. The summed E-state index contributed by atoms with van der Waals surface area (Å²) in [5.74, 6) is -0.848. The number of hydrogen-bond acceptors (Lipinski definition) is 7. The Balaban J connectivity index is 1.52. The number of oxazole rings is 1. The first-order chi connectivity index (χ1) is 16.4. The molecule has 9 heteroatoms. The number of halogens is 2. The number of hydrogen-bond donors (Lipinski definition) is 1. The summed E-state index contributed by atoms with van der Waals surface area (Å²) in [6.45, 7) is 4.05. The highest BCUT2D eigenvalue weighted by atomic mass is 19.1. The van der Waals surface area contributed by atoms with Crippen molar-refractivity contribution in [1.82, 2.24) is 25.1 Å². The molecule has 0 unspecified atom stereocenters. The van der Waals surface area contributed by atoms with Crippen LogP contribution in [0, 0.1) is 17.0 Å². The number of aromatic nitrogens is 5. The van der Waals surface area contributed by atoms with Gasteiger partial charge in [-0.25, -0.2) is 18.7 Å². The zero-order valence-corrected chi connectivity index (χ0v) is 18.6. The van der Waals surface area contributed by atoms with Gasteiger partial charge >= 0.3 is 0 Å². The first kappa shape index (κ1) is 21.0. The third-order valence-electron chi connectivity index (χ3n) is 7.70. The van der Waals surface area contributed by atoms with Gasteiger partial charge in [0.05, 0.1) is 40.9 Å². The lowest BCUT2D eigenvalue weighted by atomic mass is 9.66. The number of rotatable bonds is 4. The van der Waals surface area contributed by atoms with Crippen LogP contribution in [0.25, 0.3) is 22.7 Å². The van der Waals surface area contributed by atoms with Crippen molar-refractivity contribution in [2.24, 2.45) is 5.41 Å². The lowest BCUT2D eigenvalue weighted by molar-refractivity contribution is 0.242. The average molecular weight is 461 g/mol. The van der Waals surface area contributed by atoms with Crippen molar-refractivity contribution in [2.75, 3.05) is 0 Å². The molecular formula is C25H21F2N5O2. The molecule has 6 rings (SSSR count). The Labute approximate surface area is 193 Å². The van der Waals surface area contributed by atoms with Gasteiger partial charge < -0.3 is 9.52 Å². The van der Waals surface area contributed by atoms with Gasteiger partial charge in [-0.3, -0.25) is 4.98 Å². The van der Waals surface area contributed by atoms with Crippen LogP contribution in [-0.4, -0.2) is 30.3 Å². The van der Waals surface area contributed by atoms with E-state index < -0.39 is 17.0 Å². The molecule has 0 aliphatic heterocycles. The molecule has 1 N–H and O–H groups in total. The molecule has 7 nitrogen and oxygen atoms in total. The standard InChI is InChI=1S/C25H21F2N5O2/c1-24(2)14-6-7-25(24,20-10-28-9-18(30-20)22-19(11-33)29-12-34-22)23-13(14)8-17(31-32-23)21-15(26)4-3-5-16(21)27/h3-5,8-10,12,14,33H,6-7,11H2,1-2H3/t14-,25-/m0/s1. The highest BCUT2D eigenvalue weighted by Crippen LogP contribution is 2.69. The van der Waals surface area contributed by atoms with E-state index in [2.05, 4.69) is 34.0 Å². The predicted octanol–water partition coefficient (Wildman–Crippen LogP) is 4.56. The van der Waals surface area contributed by atoms with Crippen LogP contribution in [0.2, 0.25) is 0 Å². The predicted molar refractivity (Wildman–Crippen MR) is 117 cm³/mol. The maximum Gasteiger partial charge on any atom is 0.181 e. The highest BCUT2D eigenvalue weighted by molar-refractivity contribution is 5.64. The quantitative estimate of drug-likeness (QED) is 0.476. The van der Waals surface area contributed by atoms with E-state index in [0.717, 1.165) is 29.8 Å². The minimum atomic E-state index is -0.670. The molecule has 4 aromatic rings. The molecule has 2 aliphatic rings. The van der Waals surface area contributed by atoms with Crippen LogP contribution in [0.5, 0.6) is 0 Å². The second kappa shape index (κ2) is 7.20. The van der Waals surface area contributed by atoms with Crippen LogP contribution < -0.4 is 0 Å². The second-order valence-corrected chi connectivity index (χ2v) is 9.42. The SMILES string of the molecule is CC1(C)[C@H]2CC[C@]1(c1cncc(-c3ocnc3CO)n1)c1nnc(-c3c(F)cccc3F)cc12. The van der Waals surface area contributed by atoms with Crippen molar-refractivity contribution in [3.05, 3.63) is 77.3 Å². The van der Waals surface area contributed by atoms with E-state index in [1.807, 2.05) is 0 Å². The van der Waals surface area contributed by atoms with E-state index in [0.29, 0.717) is 17.1 Å². The van der Waals surface area contributed by atoms with Gasteiger partial charge in [0.15, 0.2) is 12.2 Å². The van der Waals surface area contributed by atoms with Crippen molar-refractivity contribution < 1.29 is 18.3 Å². The molecule has 0 spiro atoms. The monoisotopic (exact) mass is 461 g/mol. The van der Waals surface area contributed by atoms with Crippen molar-refractivity contribution in [1.29, 1.82) is 0 Å². The average Bonchev–Trinajstić information content (AvgIpc) is 3.47. The Bertz CT molecular complexity index is 1420. The number of benzene rings is 1. The Kier molecular flexibility index (Phi) is 4.44. The molecule has 2 bridgehead atoms. The summed E-state index contributed by atoms with van der Waals surface area (Å²) >= 11 is 0. The van der Waals surface area contributed by atoms with E-state index in [1.54, 1.807) is 18.5 Å². The minimum absolute atomic E-state index is 0.121. The van der Waals surface area contributed by atoms with E-state index in [-0.39, 0.29) is 29.2 Å². The van der Waals surface area contributed by atoms with Crippen molar-refractivity contribution >= 4 is 0 Å². The smallest absolute Gasteiger partial charge is 0.181 e. The zero-order valence-electron chi connectivity index (χ0n) is 18.6. The molecule has 1 aromatic carbocycles. The molecule has 1 saturated carbocycles. The molecule has 2 atom stereocenters. The van der Waals surface area contributed by atoms with Gasteiger partial charge in [0.25, 0.3) is 0 Å². The maximum absolute atomic E-state index is 14.5. The topological polar surface area (TPSA) is 97.8 Å². The van der Waals surface area contributed by atoms with Crippen LogP contribution in [0.4, 0.5) is 8.78 Å². The fourth-order valence-corrected chi connectivity index (χ4v) is 6.03. The van der Waals surface area contributed by atoms with E-state index in [9.17, 15) is 13.9 Å². The summed E-state index contributed by atoms with van der Waals surface area (Å²) in [6.07, 6.45) is 6.24. The largest absolute Gasteiger partial charge is 0.441 e. The fraction of sp³-hybridized carbons (Fsp3) is 0.320. The summed E-state index contributed by atoms with van der Waals surface area (Å²) in [7, 11) is 0. The lowest BCUT2D eigenvalue weighted by Gasteiger charge is -2.37. The molecule has 3 heterocycles. The summed E-state index contributed by atoms with van der Waals surface area (Å²) < 4.78 is 34.4. The van der Waals surface area contributed by atoms with Gasteiger partial charge in [-0.2, -0.15) is 5.10 Å². The van der Waals surface area contributed by atoms with Crippen molar-refractivity contribution in [3.63, 3.8) is 0 Å². The van der Waals surface area contributed by atoms with Gasteiger partial charge in [0.1, 0.15) is 23.0 Å². The molecule has 2 aliphatic carbocycles. The van der Waals surface area contributed by atoms with Gasteiger partial charge in [0.2, 0.25) is 0 Å². The molecule has 172 valence electrons. The van der Waals surface area contributed by atoms with Crippen molar-refractivity contribution in [3.8, 4) is 22.7 Å². The first-order valence-corrected chi connectivity index (χ1v) is 11.1. The highest BCUT2D eigenvalue weighted by Gasteiger charge is 2.65. The summed E-state index contributed by atoms with van der Waals surface area (Å²) in [5.41, 5.74) is 2.43. The Hall–Kier alpha value is -3.59. The number of aliphatic hydroxyl groups is 1. The van der Waals surface area contributed by atoms with Crippen molar-refractivity contribution in [2.45, 2.75) is 44.6 Å². The Morgan fingerprint density at radius 2 is 1.91 bits per heavy atom. The van der Waals surface area contributed by atoms with Crippen LogP contribution in [0.1, 0.15) is 55.3 Å². The summed E-state index contributed by atoms with van der Waals surface area (Å²) in [5, 5.41) is 18.4. The number of nitrogens with zero attached hydrogens (tertiary/aromatic N) is 5. The third kappa shape index (κ3) is 2.61. The van der Waals surface area contributed by atoms with Crippen LogP contribution in [0.3, 0.4) is 0 Å². The molecule has 0 radical (unpaired) electrons. The molecule has 1 fully saturated rings. The number of fused-ring (bicyclic) bond motifs is 5. The van der Waals surface area contributed by atoms with E-state index >= 15 is 0 Å². The van der Waals surface area contributed by atoms with E-state index in [4.69, 9.17) is 9.40 Å². The summed E-state index contributed by atoms with van der Waals surface area (Å²) in [4.78, 5) is 13.3. The fourth-order valence-electron chi connectivity index (χ4n) is 6.03. The Morgan fingerprint density at radius 1 is 1.12 bits per heavy atom. The molecule has 0 amide bonds. The lowest BCUT2D eigenvalue weighted by Crippen LogP contribution is -2.38. The normalized spacial score (nSPS) is 22.2. The van der Waals surface area contributed by atoms with Crippen LogP contribution in [0.15, 0.2) is 47.5 Å². The Morgan fingerprint density at radius 3 is 2.68 bits per heavy atom. The molecule has 34 heavy (non-hydrogen) atoms. The van der Waals surface area contributed by atoms with Gasteiger partial charge in [-0.1, -0.05) is 19.9 Å². The molecule has 3 aromatic heterocycles. The number of aliphatic hydroxyl groups excluding tert-OH is 1. The van der Waals surface area contributed by atoms with Gasteiger partial charge in [-0.15, -0.1) is 5.10 Å². The maximum atomic E-state index is 14.5.